The van der Waals surface area contributed by atoms with Gasteiger partial charge in [0.05, 0.1) is 11.8 Å². The van der Waals surface area contributed by atoms with Gasteiger partial charge in [-0.15, -0.1) is 0 Å². The van der Waals surface area contributed by atoms with Crippen LogP contribution in [-0.4, -0.2) is 56.7 Å². The molecule has 1 aliphatic heterocycles. The van der Waals surface area contributed by atoms with Gasteiger partial charge in [-0.25, -0.2) is 13.1 Å². The van der Waals surface area contributed by atoms with Crippen molar-refractivity contribution in [3.05, 3.63) is 0 Å². The van der Waals surface area contributed by atoms with Crippen LogP contribution in [0.15, 0.2) is 0 Å². The van der Waals surface area contributed by atoms with E-state index in [0.29, 0.717) is 19.1 Å². The third kappa shape index (κ3) is 4.43. The monoisotopic (exact) mass is 289 g/mol. The molecule has 0 bridgehead atoms. The maximum absolute atomic E-state index is 12.2. The number of hydrogen-bond acceptors (Lipinski definition) is 4. The average Bonchev–Trinajstić information content (AvgIpc) is 3.14. The lowest BCUT2D eigenvalue weighted by molar-refractivity contribution is -0.135. The normalized spacial score (nSPS) is 24.8. The minimum atomic E-state index is -3.25. The Morgan fingerprint density at radius 2 is 2.05 bits per heavy atom. The fourth-order valence-electron chi connectivity index (χ4n) is 2.37. The summed E-state index contributed by atoms with van der Waals surface area (Å²) in [6.45, 7) is 3.10. The van der Waals surface area contributed by atoms with E-state index in [0.717, 1.165) is 25.7 Å². The van der Waals surface area contributed by atoms with E-state index in [1.54, 1.807) is 11.8 Å². The van der Waals surface area contributed by atoms with Crippen LogP contribution in [0, 0.1) is 0 Å². The van der Waals surface area contributed by atoms with E-state index in [4.69, 9.17) is 0 Å². The largest absolute Gasteiger partial charge is 0.340 e. The molecule has 1 saturated carbocycles. The molecule has 1 amide bonds. The van der Waals surface area contributed by atoms with E-state index in [2.05, 4.69) is 10.0 Å². The fraction of sp³-hybridized carbons (Fsp3) is 0.917. The Labute approximate surface area is 115 Å². The summed E-state index contributed by atoms with van der Waals surface area (Å²) in [7, 11) is -3.25. The molecule has 0 aromatic carbocycles. The van der Waals surface area contributed by atoms with E-state index >= 15 is 0 Å². The van der Waals surface area contributed by atoms with Gasteiger partial charge in [-0.1, -0.05) is 6.92 Å². The highest BCUT2D eigenvalue weighted by atomic mass is 32.2. The zero-order valence-corrected chi connectivity index (χ0v) is 12.2. The lowest BCUT2D eigenvalue weighted by atomic mass is 10.0. The summed E-state index contributed by atoms with van der Waals surface area (Å²) in [4.78, 5) is 13.9. The van der Waals surface area contributed by atoms with Crippen LogP contribution in [0.2, 0.25) is 0 Å². The maximum Gasteiger partial charge on any atom is 0.239 e. The molecule has 0 radical (unpaired) electrons. The predicted octanol–water partition coefficient (Wildman–Crippen LogP) is -0.331. The van der Waals surface area contributed by atoms with Crippen LogP contribution in [-0.2, 0) is 14.8 Å². The Hall–Kier alpha value is -0.660. The topological polar surface area (TPSA) is 78.5 Å². The second-order valence-corrected chi connectivity index (χ2v) is 7.20. The van der Waals surface area contributed by atoms with Gasteiger partial charge in [0, 0.05) is 25.7 Å². The van der Waals surface area contributed by atoms with Crippen molar-refractivity contribution in [3.8, 4) is 0 Å². The van der Waals surface area contributed by atoms with Crippen LogP contribution < -0.4 is 10.0 Å². The van der Waals surface area contributed by atoms with E-state index in [-0.39, 0.29) is 24.2 Å². The Kier molecular flexibility index (Phi) is 4.81. The van der Waals surface area contributed by atoms with Gasteiger partial charge in [0.15, 0.2) is 0 Å². The lowest BCUT2D eigenvalue weighted by Gasteiger charge is -2.32. The molecule has 2 N–H and O–H groups in total. The van der Waals surface area contributed by atoms with Gasteiger partial charge in [0.1, 0.15) is 0 Å². The summed E-state index contributed by atoms with van der Waals surface area (Å²) in [6.07, 6.45) is 4.11. The van der Waals surface area contributed by atoms with Crippen LogP contribution >= 0.6 is 0 Å². The quantitative estimate of drug-likeness (QED) is 0.672. The summed E-state index contributed by atoms with van der Waals surface area (Å²) >= 11 is 0. The number of nitrogens with one attached hydrogen (secondary N) is 2. The number of piperidine rings is 1. The van der Waals surface area contributed by atoms with Crippen LogP contribution in [0.3, 0.4) is 0 Å². The predicted molar refractivity (Wildman–Crippen MR) is 73.2 cm³/mol. The first-order valence-corrected chi connectivity index (χ1v) is 8.69. The van der Waals surface area contributed by atoms with Crippen LogP contribution in [0.4, 0.5) is 0 Å². The SMILES string of the molecule is CCNS(=O)(=O)CCN1CCCC(NC2CC2)C1=O. The zero-order chi connectivity index (χ0) is 13.9. The third-order valence-electron chi connectivity index (χ3n) is 3.54. The maximum atomic E-state index is 12.2. The molecular formula is C12H23N3O3S. The molecule has 7 heteroatoms. The molecule has 0 aromatic heterocycles. The highest BCUT2D eigenvalue weighted by Crippen LogP contribution is 2.22. The first kappa shape index (κ1) is 14.7. The number of nitrogens with zero attached hydrogens (tertiary/aromatic N) is 1. The number of amides is 1. The van der Waals surface area contributed by atoms with Crippen molar-refractivity contribution in [1.29, 1.82) is 0 Å². The first-order chi connectivity index (χ1) is 9.02. The van der Waals surface area contributed by atoms with E-state index in [9.17, 15) is 13.2 Å². The molecule has 1 unspecified atom stereocenters. The number of carbonyl (C=O) groups is 1. The van der Waals surface area contributed by atoms with Crippen molar-refractivity contribution in [2.45, 2.75) is 44.7 Å². The number of sulfonamides is 1. The van der Waals surface area contributed by atoms with E-state index in [1.165, 1.54) is 0 Å². The lowest BCUT2D eigenvalue weighted by Crippen LogP contribution is -2.52. The minimum Gasteiger partial charge on any atom is -0.340 e. The van der Waals surface area contributed by atoms with Crippen LogP contribution in [0.1, 0.15) is 32.6 Å². The smallest absolute Gasteiger partial charge is 0.239 e. The van der Waals surface area contributed by atoms with Crippen molar-refractivity contribution in [1.82, 2.24) is 14.9 Å². The second kappa shape index (κ2) is 6.19. The molecule has 1 saturated heterocycles. The van der Waals surface area contributed by atoms with Crippen molar-refractivity contribution in [2.24, 2.45) is 0 Å². The summed E-state index contributed by atoms with van der Waals surface area (Å²) in [5.41, 5.74) is 0. The van der Waals surface area contributed by atoms with Gasteiger partial charge < -0.3 is 10.2 Å². The third-order valence-corrected chi connectivity index (χ3v) is 4.99. The van der Waals surface area contributed by atoms with Gasteiger partial charge >= 0.3 is 0 Å². The summed E-state index contributed by atoms with van der Waals surface area (Å²) < 4.78 is 25.6. The van der Waals surface area contributed by atoms with Crippen molar-refractivity contribution < 1.29 is 13.2 Å². The van der Waals surface area contributed by atoms with Crippen LogP contribution in [0.5, 0.6) is 0 Å². The Morgan fingerprint density at radius 3 is 2.68 bits per heavy atom. The molecular weight excluding hydrogens is 266 g/mol. The molecule has 19 heavy (non-hydrogen) atoms. The van der Waals surface area contributed by atoms with E-state index in [1.807, 2.05) is 0 Å². The van der Waals surface area contributed by atoms with Gasteiger partial charge in [-0.3, -0.25) is 4.79 Å². The molecule has 6 nitrogen and oxygen atoms in total. The Morgan fingerprint density at radius 1 is 1.32 bits per heavy atom. The van der Waals surface area contributed by atoms with Crippen molar-refractivity contribution in [3.63, 3.8) is 0 Å². The van der Waals surface area contributed by atoms with Crippen molar-refractivity contribution in [2.75, 3.05) is 25.4 Å². The number of carbonyl (C=O) groups excluding carboxylic acids is 1. The Balaban J connectivity index is 1.83. The molecule has 0 spiro atoms. The van der Waals surface area contributed by atoms with E-state index < -0.39 is 10.0 Å². The zero-order valence-electron chi connectivity index (χ0n) is 11.4. The molecule has 1 heterocycles. The first-order valence-electron chi connectivity index (χ1n) is 7.04. The summed E-state index contributed by atoms with van der Waals surface area (Å²) in [5.74, 6) is 0.0489. The molecule has 110 valence electrons. The van der Waals surface area contributed by atoms with Crippen LogP contribution in [0.25, 0.3) is 0 Å². The average molecular weight is 289 g/mol. The molecule has 2 rings (SSSR count). The summed E-state index contributed by atoms with van der Waals surface area (Å²) in [5, 5.41) is 3.34. The Bertz CT molecular complexity index is 420. The number of rotatable bonds is 7. The highest BCUT2D eigenvalue weighted by Gasteiger charge is 2.33. The molecule has 1 atom stereocenters. The minimum absolute atomic E-state index is 0.0112. The summed E-state index contributed by atoms with van der Waals surface area (Å²) in [6, 6.07) is 0.391. The number of likely N-dealkylation sites (tertiary alicyclic amines) is 1. The molecule has 1 aliphatic carbocycles. The fourth-order valence-corrected chi connectivity index (χ4v) is 3.42. The highest BCUT2D eigenvalue weighted by molar-refractivity contribution is 7.89. The second-order valence-electron chi connectivity index (χ2n) is 5.28. The standard InChI is InChI=1S/C12H23N3O3S/c1-2-13-19(17,18)9-8-15-7-3-4-11(12(15)16)14-10-5-6-10/h10-11,13-14H,2-9H2,1H3. The molecule has 2 aliphatic rings. The van der Waals surface area contributed by atoms with Crippen molar-refractivity contribution >= 4 is 15.9 Å². The molecule has 0 aromatic rings. The van der Waals surface area contributed by atoms with Gasteiger partial charge in [0.2, 0.25) is 15.9 Å². The van der Waals surface area contributed by atoms with Gasteiger partial charge in [-0.05, 0) is 25.7 Å². The number of hydrogen-bond donors (Lipinski definition) is 2. The molecule has 2 fully saturated rings. The van der Waals surface area contributed by atoms with Gasteiger partial charge in [0.25, 0.3) is 0 Å². The van der Waals surface area contributed by atoms with Gasteiger partial charge in [-0.2, -0.15) is 0 Å².